The fourth-order valence-corrected chi connectivity index (χ4v) is 4.97. The van der Waals surface area contributed by atoms with Crippen LogP contribution in [0.25, 0.3) is 22.3 Å². The molecule has 1 saturated heterocycles. The zero-order valence-electron chi connectivity index (χ0n) is 22.0. The third-order valence-corrected chi connectivity index (χ3v) is 6.98. The molecular formula is C27H32F2N8O. The van der Waals surface area contributed by atoms with Crippen molar-refractivity contribution in [1.82, 2.24) is 34.3 Å². The van der Waals surface area contributed by atoms with E-state index >= 15 is 0 Å². The monoisotopic (exact) mass is 522 g/mol. The number of hydrogen-bond donors (Lipinski definition) is 2. The number of anilines is 2. The number of aliphatic hydroxyl groups excluding tert-OH is 1. The molecule has 1 aliphatic rings. The van der Waals surface area contributed by atoms with E-state index < -0.39 is 17.9 Å². The molecule has 1 fully saturated rings. The SMILES string of the molecule is CCN1CCN([C@@H](O)c2ccc(Nc3ncc(F)c(-c4cc(F)c5nc(C)n(C(C)C)c5c4)n3)nc2)CC1. The summed E-state index contributed by atoms with van der Waals surface area (Å²) in [7, 11) is 0. The van der Waals surface area contributed by atoms with Crippen LogP contribution in [-0.2, 0) is 0 Å². The van der Waals surface area contributed by atoms with Gasteiger partial charge in [-0.1, -0.05) is 6.92 Å². The lowest BCUT2D eigenvalue weighted by molar-refractivity contribution is -0.0265. The van der Waals surface area contributed by atoms with Crippen LogP contribution in [0.2, 0.25) is 0 Å². The summed E-state index contributed by atoms with van der Waals surface area (Å²) in [5.74, 6) is 0.0199. The lowest BCUT2D eigenvalue weighted by Gasteiger charge is -2.36. The standard InChI is InChI=1S/C27H32F2N8O/c1-5-35-8-10-36(11-9-35)26(38)18-6-7-23(30-14-18)33-27-31-15-21(29)24(34-27)19-12-20(28)25-22(13-19)37(16(2)3)17(4)32-25/h6-7,12-16,26,38H,5,8-11H2,1-4H3,(H,30,31,33,34)/t26-/m0/s1. The zero-order chi connectivity index (χ0) is 27.0. The van der Waals surface area contributed by atoms with Gasteiger partial charge in [-0.15, -0.1) is 0 Å². The molecule has 1 aromatic carbocycles. The number of aliphatic hydroxyl groups is 1. The number of aromatic nitrogens is 5. The molecule has 1 atom stereocenters. The summed E-state index contributed by atoms with van der Waals surface area (Å²) in [5.41, 5.74) is 1.76. The van der Waals surface area contributed by atoms with Crippen molar-refractivity contribution in [2.24, 2.45) is 0 Å². The van der Waals surface area contributed by atoms with Gasteiger partial charge in [0.2, 0.25) is 5.95 Å². The second kappa shape index (κ2) is 10.7. The van der Waals surface area contributed by atoms with E-state index in [0.717, 1.165) is 38.9 Å². The van der Waals surface area contributed by atoms with Crippen LogP contribution in [0.5, 0.6) is 0 Å². The molecule has 0 saturated carbocycles. The molecule has 4 heterocycles. The molecule has 0 spiro atoms. The molecular weight excluding hydrogens is 490 g/mol. The Morgan fingerprint density at radius 2 is 1.76 bits per heavy atom. The van der Waals surface area contributed by atoms with Gasteiger partial charge in [0.25, 0.3) is 0 Å². The Balaban J connectivity index is 1.37. The molecule has 5 rings (SSSR count). The number of nitrogens with zero attached hydrogens (tertiary/aromatic N) is 7. The van der Waals surface area contributed by atoms with E-state index in [1.165, 1.54) is 6.07 Å². The Morgan fingerprint density at radius 3 is 2.42 bits per heavy atom. The first-order valence-electron chi connectivity index (χ1n) is 12.8. The summed E-state index contributed by atoms with van der Waals surface area (Å²) >= 11 is 0. The van der Waals surface area contributed by atoms with Crippen molar-refractivity contribution in [1.29, 1.82) is 0 Å². The number of piperazine rings is 1. The number of imidazole rings is 1. The van der Waals surface area contributed by atoms with Crippen molar-refractivity contribution in [3.05, 3.63) is 59.7 Å². The minimum Gasteiger partial charge on any atom is -0.374 e. The third-order valence-electron chi connectivity index (χ3n) is 6.98. The lowest BCUT2D eigenvalue weighted by Crippen LogP contribution is -2.47. The molecule has 0 bridgehead atoms. The van der Waals surface area contributed by atoms with Crippen LogP contribution in [0.4, 0.5) is 20.5 Å². The predicted octanol–water partition coefficient (Wildman–Crippen LogP) is 4.43. The van der Waals surface area contributed by atoms with Crippen LogP contribution in [0, 0.1) is 18.6 Å². The maximum Gasteiger partial charge on any atom is 0.229 e. The van der Waals surface area contributed by atoms with Gasteiger partial charge in [-0.05, 0) is 51.6 Å². The van der Waals surface area contributed by atoms with E-state index in [0.29, 0.717) is 22.7 Å². The molecule has 0 unspecified atom stereocenters. The Morgan fingerprint density at radius 1 is 1.00 bits per heavy atom. The van der Waals surface area contributed by atoms with Gasteiger partial charge in [0.05, 0.1) is 11.7 Å². The number of halogens is 2. The highest BCUT2D eigenvalue weighted by molar-refractivity contribution is 5.83. The number of nitrogens with one attached hydrogen (secondary N) is 1. The first-order valence-corrected chi connectivity index (χ1v) is 12.8. The maximum atomic E-state index is 14.9. The van der Waals surface area contributed by atoms with Crippen molar-refractivity contribution in [3.63, 3.8) is 0 Å². The van der Waals surface area contributed by atoms with E-state index in [-0.39, 0.29) is 28.8 Å². The van der Waals surface area contributed by atoms with Crippen LogP contribution in [0.15, 0.2) is 36.7 Å². The van der Waals surface area contributed by atoms with Gasteiger partial charge in [0.15, 0.2) is 11.6 Å². The molecule has 0 aliphatic carbocycles. The van der Waals surface area contributed by atoms with Gasteiger partial charge in [-0.25, -0.2) is 28.7 Å². The van der Waals surface area contributed by atoms with Crippen molar-refractivity contribution >= 4 is 22.8 Å². The minimum atomic E-state index is -0.739. The summed E-state index contributed by atoms with van der Waals surface area (Å²) in [5, 5.41) is 13.7. The van der Waals surface area contributed by atoms with Gasteiger partial charge in [0.1, 0.15) is 29.1 Å². The number of benzene rings is 1. The molecule has 200 valence electrons. The number of hydrogen-bond acceptors (Lipinski definition) is 8. The van der Waals surface area contributed by atoms with E-state index in [1.807, 2.05) is 30.2 Å². The van der Waals surface area contributed by atoms with E-state index in [4.69, 9.17) is 0 Å². The lowest BCUT2D eigenvalue weighted by atomic mass is 10.1. The predicted molar refractivity (Wildman–Crippen MR) is 142 cm³/mol. The molecule has 0 radical (unpaired) electrons. The zero-order valence-corrected chi connectivity index (χ0v) is 22.0. The van der Waals surface area contributed by atoms with Crippen LogP contribution < -0.4 is 5.32 Å². The van der Waals surface area contributed by atoms with Crippen LogP contribution in [-0.4, -0.2) is 72.1 Å². The summed E-state index contributed by atoms with van der Waals surface area (Å²) in [6.45, 7) is 12.3. The van der Waals surface area contributed by atoms with Crippen molar-refractivity contribution < 1.29 is 13.9 Å². The highest BCUT2D eigenvalue weighted by Crippen LogP contribution is 2.30. The average molecular weight is 523 g/mol. The minimum absolute atomic E-state index is 0.0317. The van der Waals surface area contributed by atoms with Crippen LogP contribution in [0.3, 0.4) is 0 Å². The number of aryl methyl sites for hydroxylation is 1. The second-order valence-electron chi connectivity index (χ2n) is 9.78. The van der Waals surface area contributed by atoms with E-state index in [2.05, 4.69) is 37.1 Å². The highest BCUT2D eigenvalue weighted by Gasteiger charge is 2.23. The van der Waals surface area contributed by atoms with E-state index in [9.17, 15) is 13.9 Å². The molecule has 38 heavy (non-hydrogen) atoms. The maximum absolute atomic E-state index is 14.9. The summed E-state index contributed by atoms with van der Waals surface area (Å²) in [6.07, 6.45) is 1.91. The quantitative estimate of drug-likeness (QED) is 0.368. The second-order valence-corrected chi connectivity index (χ2v) is 9.78. The van der Waals surface area contributed by atoms with Crippen LogP contribution in [0.1, 0.15) is 44.4 Å². The Kier molecular flexibility index (Phi) is 7.33. The van der Waals surface area contributed by atoms with Gasteiger partial charge in [-0.2, -0.15) is 0 Å². The smallest absolute Gasteiger partial charge is 0.229 e. The largest absolute Gasteiger partial charge is 0.374 e. The molecule has 9 nitrogen and oxygen atoms in total. The fourth-order valence-electron chi connectivity index (χ4n) is 4.97. The normalized spacial score (nSPS) is 15.9. The number of fused-ring (bicyclic) bond motifs is 1. The molecule has 2 N–H and O–H groups in total. The summed E-state index contributed by atoms with van der Waals surface area (Å²) in [4.78, 5) is 21.4. The summed E-state index contributed by atoms with van der Waals surface area (Å²) in [6, 6.07) is 6.49. The molecule has 1 aliphatic heterocycles. The molecule has 0 amide bonds. The molecule has 4 aromatic rings. The Bertz CT molecular complexity index is 1430. The first-order chi connectivity index (χ1) is 18.2. The van der Waals surface area contributed by atoms with Gasteiger partial charge in [-0.3, -0.25) is 4.90 Å². The molecule has 11 heteroatoms. The third kappa shape index (κ3) is 5.09. The summed E-state index contributed by atoms with van der Waals surface area (Å²) < 4.78 is 31.7. The topological polar surface area (TPSA) is 95.2 Å². The molecule has 3 aromatic heterocycles. The first kappa shape index (κ1) is 26.1. The van der Waals surface area contributed by atoms with Crippen molar-refractivity contribution in [2.45, 2.75) is 40.0 Å². The highest BCUT2D eigenvalue weighted by atomic mass is 19.1. The number of likely N-dealkylation sites (N-methyl/N-ethyl adjacent to an activating group) is 1. The average Bonchev–Trinajstić information content (AvgIpc) is 3.26. The van der Waals surface area contributed by atoms with Gasteiger partial charge < -0.3 is 19.9 Å². The number of pyridine rings is 1. The van der Waals surface area contributed by atoms with Gasteiger partial charge >= 0.3 is 0 Å². The fraction of sp³-hybridized carbons (Fsp3) is 0.407. The Labute approximate surface area is 220 Å². The Hall–Kier alpha value is -3.54. The van der Waals surface area contributed by atoms with Crippen molar-refractivity contribution in [3.8, 4) is 11.3 Å². The number of rotatable bonds is 7. The van der Waals surface area contributed by atoms with Crippen LogP contribution >= 0.6 is 0 Å². The van der Waals surface area contributed by atoms with Crippen molar-refractivity contribution in [2.75, 3.05) is 38.0 Å². The van der Waals surface area contributed by atoms with E-state index in [1.54, 1.807) is 24.4 Å². The van der Waals surface area contributed by atoms with Gasteiger partial charge in [0, 0.05) is 49.5 Å².